The molecule has 2 aliphatic heterocycles. The molecular formula is C35H42N8O4+2. The van der Waals surface area contributed by atoms with E-state index in [0.717, 1.165) is 49.5 Å². The van der Waals surface area contributed by atoms with E-state index in [2.05, 4.69) is 27.6 Å². The van der Waals surface area contributed by atoms with Gasteiger partial charge in [-0.05, 0) is 54.4 Å². The predicted molar refractivity (Wildman–Crippen MR) is 177 cm³/mol. The van der Waals surface area contributed by atoms with Gasteiger partial charge in [0.15, 0.2) is 12.4 Å². The number of likely N-dealkylation sites (N-methyl/N-ethyl adjacent to an activating group) is 1. The minimum absolute atomic E-state index is 0.0827. The number of pyridine rings is 1. The highest BCUT2D eigenvalue weighted by Gasteiger charge is 2.20. The van der Waals surface area contributed by atoms with Crippen molar-refractivity contribution < 1.29 is 28.5 Å². The average Bonchev–Trinajstić information content (AvgIpc) is 3.10. The van der Waals surface area contributed by atoms with E-state index < -0.39 is 0 Å². The molecule has 2 aromatic carbocycles. The second-order valence-corrected chi connectivity index (χ2v) is 12.1. The number of hydrogen-bond acceptors (Lipinski definition) is 8. The fraction of sp³-hybridized carbons (Fsp3) is 0.343. The largest absolute Gasteiger partial charge is 0.414 e. The van der Waals surface area contributed by atoms with Crippen LogP contribution in [-0.2, 0) is 22.7 Å². The molecule has 2 aromatic heterocycles. The Kier molecular flexibility index (Phi) is 10.3. The SMILES string of the molecule is Cc1ccc(NC(=O)c2ccc(CN3CC[NH+](C)CC3)cc2)cc1Nc1nccc(-c2ccc[n+](COC(=O)N3CCOCC3)c2)n1. The van der Waals surface area contributed by atoms with Crippen molar-refractivity contribution in [2.45, 2.75) is 20.2 Å². The second kappa shape index (κ2) is 15.1. The molecule has 12 nitrogen and oxygen atoms in total. The number of morpholine rings is 1. The number of aromatic nitrogens is 3. The molecule has 0 spiro atoms. The molecular weight excluding hydrogens is 596 g/mol. The maximum atomic E-state index is 13.1. The quantitative estimate of drug-likeness (QED) is 0.240. The van der Waals surface area contributed by atoms with Gasteiger partial charge in [0, 0.05) is 61.9 Å². The minimum atomic E-state index is -0.358. The van der Waals surface area contributed by atoms with Crippen molar-refractivity contribution in [1.29, 1.82) is 0 Å². The Balaban J connectivity index is 1.07. The highest BCUT2D eigenvalue weighted by molar-refractivity contribution is 6.04. The zero-order chi connectivity index (χ0) is 32.6. The van der Waals surface area contributed by atoms with Crippen molar-refractivity contribution in [3.8, 4) is 11.3 Å². The molecule has 0 aliphatic carbocycles. The van der Waals surface area contributed by atoms with Gasteiger partial charge in [0.2, 0.25) is 5.95 Å². The van der Waals surface area contributed by atoms with E-state index in [4.69, 9.17) is 14.5 Å². The molecule has 2 fully saturated rings. The van der Waals surface area contributed by atoms with Crippen LogP contribution in [-0.4, -0.2) is 91.3 Å². The molecule has 47 heavy (non-hydrogen) atoms. The zero-order valence-electron chi connectivity index (χ0n) is 26.9. The van der Waals surface area contributed by atoms with Gasteiger partial charge >= 0.3 is 6.09 Å². The van der Waals surface area contributed by atoms with Crippen molar-refractivity contribution in [2.24, 2.45) is 0 Å². The van der Waals surface area contributed by atoms with Crippen LogP contribution in [0.5, 0.6) is 0 Å². The molecule has 0 unspecified atom stereocenters. The van der Waals surface area contributed by atoms with E-state index in [1.165, 1.54) is 5.56 Å². The third kappa shape index (κ3) is 8.67. The molecule has 0 bridgehead atoms. The molecule has 244 valence electrons. The number of aryl methyl sites for hydroxylation is 1. The van der Waals surface area contributed by atoms with E-state index in [-0.39, 0.29) is 18.7 Å². The molecule has 2 amide bonds. The van der Waals surface area contributed by atoms with E-state index in [1.54, 1.807) is 20.6 Å². The summed E-state index contributed by atoms with van der Waals surface area (Å²) in [5.41, 5.74) is 5.79. The lowest BCUT2D eigenvalue weighted by molar-refractivity contribution is -0.884. The fourth-order valence-corrected chi connectivity index (χ4v) is 5.57. The lowest BCUT2D eigenvalue weighted by Crippen LogP contribution is -3.11. The van der Waals surface area contributed by atoms with Gasteiger partial charge in [-0.1, -0.05) is 18.2 Å². The van der Waals surface area contributed by atoms with Gasteiger partial charge in [0.05, 0.1) is 44.6 Å². The number of quaternary nitrogens is 1. The smallest absolute Gasteiger partial charge is 0.388 e. The van der Waals surface area contributed by atoms with E-state index in [0.29, 0.717) is 49.2 Å². The summed E-state index contributed by atoms with van der Waals surface area (Å²) in [6, 6.07) is 19.2. The van der Waals surface area contributed by atoms with Gasteiger partial charge in [0.25, 0.3) is 12.6 Å². The normalized spacial score (nSPS) is 15.7. The first-order chi connectivity index (χ1) is 22.9. The Morgan fingerprint density at radius 3 is 2.60 bits per heavy atom. The molecule has 2 aliphatic rings. The molecule has 0 atom stereocenters. The number of ether oxygens (including phenoxy) is 2. The fourth-order valence-electron chi connectivity index (χ4n) is 5.57. The summed E-state index contributed by atoms with van der Waals surface area (Å²) in [7, 11) is 2.24. The van der Waals surface area contributed by atoms with E-state index >= 15 is 0 Å². The van der Waals surface area contributed by atoms with Crippen LogP contribution in [0.4, 0.5) is 22.1 Å². The summed E-state index contributed by atoms with van der Waals surface area (Å²) < 4.78 is 12.6. The Labute approximate surface area is 274 Å². The van der Waals surface area contributed by atoms with Crippen LogP contribution in [0.25, 0.3) is 11.3 Å². The first-order valence-corrected chi connectivity index (χ1v) is 16.0. The maximum Gasteiger partial charge on any atom is 0.414 e. The van der Waals surface area contributed by atoms with Gasteiger partial charge in [-0.25, -0.2) is 14.8 Å². The van der Waals surface area contributed by atoms with Crippen LogP contribution in [0, 0.1) is 6.92 Å². The van der Waals surface area contributed by atoms with Crippen LogP contribution < -0.4 is 20.1 Å². The van der Waals surface area contributed by atoms with Gasteiger partial charge in [-0.2, -0.15) is 4.57 Å². The Bertz CT molecular complexity index is 1690. The first-order valence-electron chi connectivity index (χ1n) is 16.0. The number of nitrogens with zero attached hydrogens (tertiary/aromatic N) is 5. The van der Waals surface area contributed by atoms with E-state index in [9.17, 15) is 9.59 Å². The van der Waals surface area contributed by atoms with Crippen LogP contribution >= 0.6 is 0 Å². The summed E-state index contributed by atoms with van der Waals surface area (Å²) >= 11 is 0. The number of carbonyl (C=O) groups excluding carboxylic acids is 2. The highest BCUT2D eigenvalue weighted by Crippen LogP contribution is 2.25. The number of amides is 2. The average molecular weight is 639 g/mol. The van der Waals surface area contributed by atoms with Crippen molar-refractivity contribution in [2.75, 3.05) is 70.2 Å². The molecule has 12 heteroatoms. The van der Waals surface area contributed by atoms with Crippen molar-refractivity contribution >= 4 is 29.3 Å². The molecule has 0 saturated carbocycles. The molecule has 6 rings (SSSR count). The van der Waals surface area contributed by atoms with E-state index in [1.807, 2.05) is 80.0 Å². The van der Waals surface area contributed by atoms with Gasteiger partial charge in [-0.15, -0.1) is 0 Å². The monoisotopic (exact) mass is 638 g/mol. The van der Waals surface area contributed by atoms with Gasteiger partial charge < -0.3 is 29.9 Å². The molecule has 4 heterocycles. The maximum absolute atomic E-state index is 13.1. The van der Waals surface area contributed by atoms with Crippen molar-refractivity contribution in [3.63, 3.8) is 0 Å². The topological polar surface area (TPSA) is 117 Å². The predicted octanol–water partition coefficient (Wildman–Crippen LogP) is 2.49. The van der Waals surface area contributed by atoms with Crippen molar-refractivity contribution in [3.05, 3.63) is 95.9 Å². The molecule has 3 N–H and O–H groups in total. The Morgan fingerprint density at radius 2 is 1.81 bits per heavy atom. The van der Waals surface area contributed by atoms with Crippen LogP contribution in [0.2, 0.25) is 0 Å². The summed E-state index contributed by atoms with van der Waals surface area (Å²) in [4.78, 5) is 40.3. The molecule has 0 radical (unpaired) electrons. The summed E-state index contributed by atoms with van der Waals surface area (Å²) in [5, 5.41) is 6.32. The summed E-state index contributed by atoms with van der Waals surface area (Å²) in [6.07, 6.45) is 5.04. The standard InChI is InChI=1S/C35H40N8O4/c1-26-5-10-30(37-33(44)28-8-6-27(7-9-28)23-41-16-14-40(2)15-17-41)22-32(26)39-34-36-12-11-31(38-34)29-4-3-13-42(24-29)25-47-35(45)43-18-20-46-21-19-43/h3-13,22,24H,14-21,23,25H2,1-2H3,(H-,36,37,38,39,44)/p+2. The summed E-state index contributed by atoms with van der Waals surface area (Å²) in [6.45, 7) is 9.57. The number of anilines is 3. The Hall–Kier alpha value is -4.91. The lowest BCUT2D eigenvalue weighted by Gasteiger charge is -2.29. The first kappa shape index (κ1) is 32.0. The number of rotatable bonds is 9. The number of piperazine rings is 1. The van der Waals surface area contributed by atoms with Crippen molar-refractivity contribution in [1.82, 2.24) is 19.8 Å². The lowest BCUT2D eigenvalue weighted by atomic mass is 10.1. The number of carbonyl (C=O) groups is 2. The third-order valence-electron chi connectivity index (χ3n) is 8.49. The number of hydrogen-bond donors (Lipinski definition) is 3. The van der Waals surface area contributed by atoms with Crippen LogP contribution in [0.15, 0.2) is 79.3 Å². The number of benzene rings is 2. The second-order valence-electron chi connectivity index (χ2n) is 12.1. The molecule has 2 saturated heterocycles. The van der Waals surface area contributed by atoms with Crippen LogP contribution in [0.3, 0.4) is 0 Å². The third-order valence-corrected chi connectivity index (χ3v) is 8.49. The zero-order valence-corrected chi connectivity index (χ0v) is 26.9. The van der Waals surface area contributed by atoms with Gasteiger partial charge in [-0.3, -0.25) is 9.69 Å². The molecule has 4 aromatic rings. The van der Waals surface area contributed by atoms with Crippen LogP contribution in [0.1, 0.15) is 21.5 Å². The highest BCUT2D eigenvalue weighted by atomic mass is 16.6. The van der Waals surface area contributed by atoms with Gasteiger partial charge in [0.1, 0.15) is 0 Å². The minimum Gasteiger partial charge on any atom is -0.388 e. The summed E-state index contributed by atoms with van der Waals surface area (Å²) in [5.74, 6) is 0.251. The Morgan fingerprint density at radius 1 is 1.02 bits per heavy atom. The number of nitrogens with one attached hydrogen (secondary N) is 3.